The van der Waals surface area contributed by atoms with Gasteiger partial charge in [-0.2, -0.15) is 5.26 Å². The SMILES string of the molecule is CNc1nc(-c2cccc(F)c2)ncc1C#N. The summed E-state index contributed by atoms with van der Waals surface area (Å²) in [6.45, 7) is 0. The first-order chi connectivity index (χ1) is 8.24. The van der Waals surface area contributed by atoms with Crippen molar-refractivity contribution < 1.29 is 4.39 Å². The number of hydrogen-bond donors (Lipinski definition) is 1. The quantitative estimate of drug-likeness (QED) is 0.855. The Morgan fingerprint density at radius 1 is 1.41 bits per heavy atom. The number of nitrogens with zero attached hydrogens (tertiary/aromatic N) is 3. The van der Waals surface area contributed by atoms with Crippen molar-refractivity contribution in [1.29, 1.82) is 5.26 Å². The molecule has 0 saturated heterocycles. The summed E-state index contributed by atoms with van der Waals surface area (Å²) in [6, 6.07) is 7.98. The smallest absolute Gasteiger partial charge is 0.161 e. The molecule has 0 saturated carbocycles. The molecule has 0 radical (unpaired) electrons. The normalized spacial score (nSPS) is 9.71. The molecule has 0 atom stereocenters. The zero-order valence-electron chi connectivity index (χ0n) is 9.11. The van der Waals surface area contributed by atoms with Gasteiger partial charge in [0.2, 0.25) is 0 Å². The third-order valence-electron chi connectivity index (χ3n) is 2.23. The highest BCUT2D eigenvalue weighted by atomic mass is 19.1. The number of nitrogens with one attached hydrogen (secondary N) is 1. The van der Waals surface area contributed by atoms with Gasteiger partial charge in [0.15, 0.2) is 5.82 Å². The number of hydrogen-bond acceptors (Lipinski definition) is 4. The molecule has 2 rings (SSSR count). The van der Waals surface area contributed by atoms with E-state index in [1.165, 1.54) is 18.3 Å². The number of aromatic nitrogens is 2. The summed E-state index contributed by atoms with van der Waals surface area (Å²) in [7, 11) is 1.67. The molecule has 0 aliphatic heterocycles. The van der Waals surface area contributed by atoms with Gasteiger partial charge in [0.05, 0.1) is 6.20 Å². The summed E-state index contributed by atoms with van der Waals surface area (Å²) in [4.78, 5) is 8.19. The van der Waals surface area contributed by atoms with Crippen molar-refractivity contribution in [2.75, 3.05) is 12.4 Å². The zero-order chi connectivity index (χ0) is 12.3. The molecule has 1 heterocycles. The van der Waals surface area contributed by atoms with Gasteiger partial charge in [-0.1, -0.05) is 12.1 Å². The Kier molecular flexibility index (Phi) is 2.97. The molecule has 0 aliphatic carbocycles. The van der Waals surface area contributed by atoms with Crippen LogP contribution in [0.25, 0.3) is 11.4 Å². The third-order valence-corrected chi connectivity index (χ3v) is 2.23. The lowest BCUT2D eigenvalue weighted by molar-refractivity contribution is 0.628. The fourth-order valence-electron chi connectivity index (χ4n) is 1.42. The lowest BCUT2D eigenvalue weighted by atomic mass is 10.2. The monoisotopic (exact) mass is 228 g/mol. The number of anilines is 1. The Bertz CT molecular complexity index is 589. The van der Waals surface area contributed by atoms with Gasteiger partial charge in [0.1, 0.15) is 23.3 Å². The average Bonchev–Trinajstić information content (AvgIpc) is 2.38. The van der Waals surface area contributed by atoms with Crippen LogP contribution in [-0.4, -0.2) is 17.0 Å². The van der Waals surface area contributed by atoms with E-state index >= 15 is 0 Å². The number of halogens is 1. The van der Waals surface area contributed by atoms with E-state index in [0.29, 0.717) is 22.8 Å². The van der Waals surface area contributed by atoms with E-state index < -0.39 is 0 Å². The van der Waals surface area contributed by atoms with Crippen LogP contribution in [0.1, 0.15) is 5.56 Å². The summed E-state index contributed by atoms with van der Waals surface area (Å²) >= 11 is 0. The van der Waals surface area contributed by atoms with Gasteiger partial charge in [-0.05, 0) is 12.1 Å². The third kappa shape index (κ3) is 2.21. The highest BCUT2D eigenvalue weighted by Crippen LogP contribution is 2.19. The lowest BCUT2D eigenvalue weighted by Gasteiger charge is -2.04. The second kappa shape index (κ2) is 4.58. The number of nitriles is 1. The molecule has 0 bridgehead atoms. The van der Waals surface area contributed by atoms with E-state index in [1.54, 1.807) is 19.2 Å². The minimum atomic E-state index is -0.346. The minimum Gasteiger partial charge on any atom is -0.372 e. The topological polar surface area (TPSA) is 61.6 Å². The van der Waals surface area contributed by atoms with Crippen LogP contribution >= 0.6 is 0 Å². The van der Waals surface area contributed by atoms with E-state index in [9.17, 15) is 4.39 Å². The predicted molar refractivity (Wildman–Crippen MR) is 61.7 cm³/mol. The Morgan fingerprint density at radius 3 is 2.88 bits per heavy atom. The molecular weight excluding hydrogens is 219 g/mol. The van der Waals surface area contributed by atoms with Crippen molar-refractivity contribution in [2.24, 2.45) is 0 Å². The van der Waals surface area contributed by atoms with Gasteiger partial charge in [0.25, 0.3) is 0 Å². The standard InChI is InChI=1S/C12H9FN4/c1-15-11-9(6-14)7-16-12(17-11)8-3-2-4-10(13)5-8/h2-5,7H,1H3,(H,15,16,17). The van der Waals surface area contributed by atoms with E-state index in [1.807, 2.05) is 6.07 Å². The Hall–Kier alpha value is -2.48. The second-order valence-electron chi connectivity index (χ2n) is 3.33. The van der Waals surface area contributed by atoms with E-state index in [-0.39, 0.29) is 5.82 Å². The summed E-state index contributed by atoms with van der Waals surface area (Å²) in [5.74, 6) is 0.469. The van der Waals surface area contributed by atoms with Gasteiger partial charge in [-0.25, -0.2) is 14.4 Å². The molecule has 1 aromatic carbocycles. The van der Waals surface area contributed by atoms with Gasteiger partial charge >= 0.3 is 0 Å². The second-order valence-corrected chi connectivity index (χ2v) is 3.33. The highest BCUT2D eigenvalue weighted by Gasteiger charge is 2.07. The number of rotatable bonds is 2. The van der Waals surface area contributed by atoms with Crippen molar-refractivity contribution in [3.05, 3.63) is 41.8 Å². The minimum absolute atomic E-state index is 0.346. The molecule has 1 aromatic heterocycles. The zero-order valence-corrected chi connectivity index (χ0v) is 9.11. The molecule has 0 aliphatic rings. The van der Waals surface area contributed by atoms with Crippen LogP contribution in [0.4, 0.5) is 10.2 Å². The Balaban J connectivity index is 2.51. The van der Waals surface area contributed by atoms with Gasteiger partial charge in [-0.15, -0.1) is 0 Å². The van der Waals surface area contributed by atoms with Crippen LogP contribution in [-0.2, 0) is 0 Å². The molecule has 4 nitrogen and oxygen atoms in total. The molecule has 1 N–H and O–H groups in total. The van der Waals surface area contributed by atoms with Gasteiger partial charge in [-0.3, -0.25) is 0 Å². The van der Waals surface area contributed by atoms with Crippen LogP contribution in [0.2, 0.25) is 0 Å². The first-order valence-electron chi connectivity index (χ1n) is 4.95. The van der Waals surface area contributed by atoms with Crippen LogP contribution in [0.3, 0.4) is 0 Å². The van der Waals surface area contributed by atoms with Crippen molar-refractivity contribution in [3.8, 4) is 17.5 Å². The Morgan fingerprint density at radius 2 is 2.24 bits per heavy atom. The summed E-state index contributed by atoms with van der Waals surface area (Å²) in [6.07, 6.45) is 1.42. The van der Waals surface area contributed by atoms with Crippen molar-refractivity contribution in [2.45, 2.75) is 0 Å². The molecule has 2 aromatic rings. The van der Waals surface area contributed by atoms with Crippen LogP contribution in [0.15, 0.2) is 30.5 Å². The maximum atomic E-state index is 13.1. The van der Waals surface area contributed by atoms with Crippen molar-refractivity contribution >= 4 is 5.82 Å². The van der Waals surface area contributed by atoms with Gasteiger partial charge in [0, 0.05) is 12.6 Å². The molecule has 5 heteroatoms. The van der Waals surface area contributed by atoms with Crippen LogP contribution in [0.5, 0.6) is 0 Å². The van der Waals surface area contributed by atoms with Gasteiger partial charge < -0.3 is 5.32 Å². The molecule has 0 unspecified atom stereocenters. The predicted octanol–water partition coefficient (Wildman–Crippen LogP) is 2.20. The van der Waals surface area contributed by atoms with E-state index in [0.717, 1.165) is 0 Å². The molecule has 84 valence electrons. The van der Waals surface area contributed by atoms with Crippen LogP contribution in [0, 0.1) is 17.1 Å². The first-order valence-corrected chi connectivity index (χ1v) is 4.95. The molecule has 0 amide bonds. The largest absolute Gasteiger partial charge is 0.372 e. The summed E-state index contributed by atoms with van der Waals surface area (Å²) < 4.78 is 13.1. The fraction of sp³-hybridized carbons (Fsp3) is 0.0833. The van der Waals surface area contributed by atoms with Crippen LogP contribution < -0.4 is 5.32 Å². The molecule has 0 spiro atoms. The number of benzene rings is 1. The molecule has 17 heavy (non-hydrogen) atoms. The Labute approximate surface area is 97.8 Å². The highest BCUT2D eigenvalue weighted by molar-refractivity contribution is 5.60. The summed E-state index contributed by atoms with van der Waals surface area (Å²) in [5, 5.41) is 11.6. The fourth-order valence-corrected chi connectivity index (χ4v) is 1.42. The first kappa shape index (κ1) is 11.0. The average molecular weight is 228 g/mol. The van der Waals surface area contributed by atoms with Crippen molar-refractivity contribution in [3.63, 3.8) is 0 Å². The lowest BCUT2D eigenvalue weighted by Crippen LogP contribution is -2.00. The maximum Gasteiger partial charge on any atom is 0.161 e. The summed E-state index contributed by atoms with van der Waals surface area (Å²) in [5.41, 5.74) is 0.929. The van der Waals surface area contributed by atoms with E-state index in [2.05, 4.69) is 15.3 Å². The van der Waals surface area contributed by atoms with Crippen molar-refractivity contribution in [1.82, 2.24) is 9.97 Å². The molecular formula is C12H9FN4. The van der Waals surface area contributed by atoms with E-state index in [4.69, 9.17) is 5.26 Å². The maximum absolute atomic E-state index is 13.1. The molecule has 0 fully saturated rings.